The quantitative estimate of drug-likeness (QED) is 0.770. The molecule has 0 atom stereocenters. The molecule has 0 bridgehead atoms. The van der Waals surface area contributed by atoms with Gasteiger partial charge in [0.2, 0.25) is 0 Å². The van der Waals surface area contributed by atoms with E-state index in [9.17, 15) is 13.2 Å². The second kappa shape index (κ2) is 5.78. The number of halogens is 3. The molecule has 1 N–H and O–H groups in total. The van der Waals surface area contributed by atoms with Crippen molar-refractivity contribution in [3.63, 3.8) is 0 Å². The van der Waals surface area contributed by atoms with Crippen LogP contribution in [0.4, 0.5) is 13.2 Å². The summed E-state index contributed by atoms with van der Waals surface area (Å²) in [6.07, 6.45) is -2.74. The van der Waals surface area contributed by atoms with Crippen molar-refractivity contribution in [3.8, 4) is 0 Å². The average molecular weight is 222 g/mol. The van der Waals surface area contributed by atoms with Gasteiger partial charge in [0.15, 0.2) is 5.69 Å². The van der Waals surface area contributed by atoms with Gasteiger partial charge in [0.25, 0.3) is 0 Å². The molecule has 0 unspecified atom stereocenters. The number of hydrogen-bond acceptors (Lipinski definition) is 1. The average Bonchev–Trinajstić information content (AvgIpc) is 2.47. The van der Waals surface area contributed by atoms with Crippen molar-refractivity contribution in [2.75, 3.05) is 0 Å². The molecule has 0 spiro atoms. The molecule has 0 saturated carbocycles. The topological polar surface area (TPSA) is 28.7 Å². The maximum atomic E-state index is 12.2. The third kappa shape index (κ3) is 3.93. The number of aryl methyl sites for hydroxylation is 1. The fourth-order valence-corrected chi connectivity index (χ4v) is 1.12. The van der Waals surface area contributed by atoms with E-state index in [1.807, 2.05) is 0 Å². The van der Waals surface area contributed by atoms with Gasteiger partial charge in [-0.25, -0.2) is 0 Å². The van der Waals surface area contributed by atoms with Gasteiger partial charge in [-0.1, -0.05) is 27.2 Å². The molecule has 0 aromatic carbocycles. The Hall–Kier alpha value is -1.00. The van der Waals surface area contributed by atoms with E-state index >= 15 is 0 Å². The zero-order valence-electron chi connectivity index (χ0n) is 9.50. The lowest BCUT2D eigenvalue weighted by Crippen LogP contribution is -2.08. The fraction of sp³-hybridized carbons (Fsp3) is 0.700. The van der Waals surface area contributed by atoms with Gasteiger partial charge >= 0.3 is 6.18 Å². The molecule has 0 radical (unpaired) electrons. The van der Waals surface area contributed by atoms with Crippen molar-refractivity contribution in [3.05, 3.63) is 17.0 Å². The first-order valence-electron chi connectivity index (χ1n) is 4.99. The maximum Gasteiger partial charge on any atom is 0.435 e. The molecule has 0 aliphatic carbocycles. The lowest BCUT2D eigenvalue weighted by Gasteiger charge is -2.04. The molecular weight excluding hydrogens is 205 g/mol. The van der Waals surface area contributed by atoms with E-state index < -0.39 is 11.9 Å². The van der Waals surface area contributed by atoms with Crippen molar-refractivity contribution in [2.45, 2.75) is 46.7 Å². The van der Waals surface area contributed by atoms with Crippen LogP contribution in [0.25, 0.3) is 0 Å². The van der Waals surface area contributed by atoms with Gasteiger partial charge in [-0.2, -0.15) is 18.3 Å². The number of nitrogens with zero attached hydrogens (tertiary/aromatic N) is 1. The second-order valence-electron chi connectivity index (χ2n) is 3.23. The normalized spacial score (nSPS) is 10.9. The minimum atomic E-state index is -4.34. The molecule has 0 fully saturated rings. The van der Waals surface area contributed by atoms with Crippen molar-refractivity contribution in [2.24, 2.45) is 0 Å². The Morgan fingerprint density at radius 1 is 1.20 bits per heavy atom. The molecule has 0 aliphatic rings. The van der Waals surface area contributed by atoms with Gasteiger partial charge in [0.05, 0.1) is 0 Å². The van der Waals surface area contributed by atoms with Crippen LogP contribution < -0.4 is 0 Å². The van der Waals surface area contributed by atoms with Gasteiger partial charge in [0.1, 0.15) is 0 Å². The van der Waals surface area contributed by atoms with Gasteiger partial charge < -0.3 is 0 Å². The van der Waals surface area contributed by atoms with E-state index in [1.165, 1.54) is 6.42 Å². The van der Waals surface area contributed by atoms with E-state index in [2.05, 4.69) is 24.0 Å². The Morgan fingerprint density at radius 2 is 1.67 bits per heavy atom. The molecule has 1 aromatic heterocycles. The maximum absolute atomic E-state index is 12.2. The van der Waals surface area contributed by atoms with Gasteiger partial charge in [-0.05, 0) is 13.3 Å². The molecule has 5 heteroatoms. The van der Waals surface area contributed by atoms with Crippen LogP contribution in [0.15, 0.2) is 0 Å². The summed E-state index contributed by atoms with van der Waals surface area (Å²) in [5, 5.41) is 5.53. The summed E-state index contributed by atoms with van der Waals surface area (Å²) >= 11 is 0. The van der Waals surface area contributed by atoms with Crippen LogP contribution in [-0.4, -0.2) is 10.2 Å². The highest BCUT2D eigenvalue weighted by Gasteiger charge is 2.36. The van der Waals surface area contributed by atoms with Crippen LogP contribution in [0.5, 0.6) is 0 Å². The molecule has 15 heavy (non-hydrogen) atoms. The van der Waals surface area contributed by atoms with Gasteiger partial charge in [-0.15, -0.1) is 0 Å². The molecule has 0 saturated heterocycles. The summed E-state index contributed by atoms with van der Waals surface area (Å²) in [6.45, 7) is 7.51. The molecule has 1 aromatic rings. The van der Waals surface area contributed by atoms with Crippen molar-refractivity contribution >= 4 is 0 Å². The summed E-state index contributed by atoms with van der Waals surface area (Å²) in [5.41, 5.74) is -0.0465. The lowest BCUT2D eigenvalue weighted by molar-refractivity contribution is -0.141. The minimum absolute atomic E-state index is 0.252. The zero-order valence-corrected chi connectivity index (χ0v) is 9.50. The first-order valence-corrected chi connectivity index (χ1v) is 4.99. The molecule has 1 heterocycles. The molecule has 1 rings (SSSR count). The highest BCUT2D eigenvalue weighted by Crippen LogP contribution is 2.31. The smallest absolute Gasteiger partial charge is 0.282 e. The number of nitrogens with one attached hydrogen (secondary N) is 1. The van der Waals surface area contributed by atoms with E-state index in [-0.39, 0.29) is 5.56 Å². The Balaban J connectivity index is 0.000000583. The highest BCUT2D eigenvalue weighted by atomic mass is 19.4. The van der Waals surface area contributed by atoms with Crippen LogP contribution in [0.3, 0.4) is 0 Å². The first kappa shape index (κ1) is 14.0. The Bertz CT molecular complexity index is 289. The van der Waals surface area contributed by atoms with E-state index in [1.54, 1.807) is 13.8 Å². The van der Waals surface area contributed by atoms with Crippen LogP contribution in [0, 0.1) is 6.92 Å². The van der Waals surface area contributed by atoms with E-state index in [0.717, 1.165) is 0 Å². The molecule has 0 amide bonds. The third-order valence-corrected chi connectivity index (χ3v) is 1.70. The van der Waals surface area contributed by atoms with E-state index in [4.69, 9.17) is 0 Å². The largest absolute Gasteiger partial charge is 0.435 e. The van der Waals surface area contributed by atoms with Crippen molar-refractivity contribution in [1.82, 2.24) is 10.2 Å². The zero-order chi connectivity index (χ0) is 12.1. The number of alkyl halides is 3. The van der Waals surface area contributed by atoms with Crippen LogP contribution in [0.1, 0.15) is 44.1 Å². The Morgan fingerprint density at radius 3 is 1.93 bits per heavy atom. The summed E-state index contributed by atoms with van der Waals surface area (Å²) in [6, 6.07) is 0. The number of aromatic amines is 1. The van der Waals surface area contributed by atoms with Crippen molar-refractivity contribution < 1.29 is 13.2 Å². The van der Waals surface area contributed by atoms with Crippen LogP contribution >= 0.6 is 0 Å². The summed E-state index contributed by atoms with van der Waals surface area (Å²) in [5.74, 6) is 0. The fourth-order valence-electron chi connectivity index (χ4n) is 1.12. The SMILES string of the molecule is CCC.CCc1c(C(F)(F)F)n[nH]c1C. The van der Waals surface area contributed by atoms with Gasteiger partial charge in [-0.3, -0.25) is 5.10 Å². The Labute approximate surface area is 87.9 Å². The number of rotatable bonds is 1. The van der Waals surface area contributed by atoms with Crippen LogP contribution in [-0.2, 0) is 12.6 Å². The number of hydrogen-bond donors (Lipinski definition) is 1. The number of aromatic nitrogens is 2. The van der Waals surface area contributed by atoms with Crippen molar-refractivity contribution in [1.29, 1.82) is 0 Å². The number of H-pyrrole nitrogens is 1. The monoisotopic (exact) mass is 222 g/mol. The predicted octanol–water partition coefficient (Wildman–Crippen LogP) is 3.72. The highest BCUT2D eigenvalue weighted by molar-refractivity contribution is 5.26. The Kier molecular flexibility index (Phi) is 5.39. The minimum Gasteiger partial charge on any atom is -0.282 e. The van der Waals surface area contributed by atoms with E-state index in [0.29, 0.717) is 12.1 Å². The third-order valence-electron chi connectivity index (χ3n) is 1.70. The standard InChI is InChI=1S/C7H9F3N2.C3H8/c1-3-5-4(2)11-12-6(5)7(8,9)10;1-3-2/h3H2,1-2H3,(H,11,12);3H2,1-2H3. The molecule has 88 valence electrons. The molecule has 2 nitrogen and oxygen atoms in total. The lowest BCUT2D eigenvalue weighted by atomic mass is 10.1. The predicted molar refractivity (Wildman–Crippen MR) is 53.7 cm³/mol. The van der Waals surface area contributed by atoms with Crippen LogP contribution in [0.2, 0.25) is 0 Å². The summed E-state index contributed by atoms with van der Waals surface area (Å²) in [7, 11) is 0. The molecular formula is C10H17F3N2. The second-order valence-corrected chi connectivity index (χ2v) is 3.23. The molecule has 0 aliphatic heterocycles. The summed E-state index contributed by atoms with van der Waals surface area (Å²) in [4.78, 5) is 0. The van der Waals surface area contributed by atoms with Gasteiger partial charge in [0, 0.05) is 11.3 Å². The first-order chi connectivity index (χ1) is 6.88. The summed E-state index contributed by atoms with van der Waals surface area (Å²) < 4.78 is 36.5.